The van der Waals surface area contributed by atoms with E-state index < -0.39 is 5.91 Å². The summed E-state index contributed by atoms with van der Waals surface area (Å²) >= 11 is 0. The average Bonchev–Trinajstić information content (AvgIpc) is 2.60. The van der Waals surface area contributed by atoms with E-state index in [1.807, 2.05) is 38.1 Å². The number of phenolic OH excluding ortho intramolecular Hbond substituents is 1. The van der Waals surface area contributed by atoms with Crippen molar-refractivity contribution >= 4 is 22.4 Å². The van der Waals surface area contributed by atoms with Gasteiger partial charge in [0.15, 0.2) is 0 Å². The van der Waals surface area contributed by atoms with E-state index in [1.165, 1.54) is 0 Å². The number of phenols is 1. The molecule has 2 N–H and O–H groups in total. The molecule has 1 amide bonds. The van der Waals surface area contributed by atoms with Crippen molar-refractivity contribution in [1.29, 1.82) is 0 Å². The number of nitrogens with zero attached hydrogens (tertiary/aromatic N) is 1. The molecule has 0 bridgehead atoms. The summed E-state index contributed by atoms with van der Waals surface area (Å²) in [5, 5.41) is 16.2. The Bertz CT molecular complexity index is 909. The molecule has 0 heterocycles. The minimum atomic E-state index is -0.416. The van der Waals surface area contributed by atoms with E-state index in [9.17, 15) is 9.90 Å². The second-order valence-electron chi connectivity index (χ2n) is 6.59. The van der Waals surface area contributed by atoms with Gasteiger partial charge in [-0.3, -0.25) is 4.79 Å². The summed E-state index contributed by atoms with van der Waals surface area (Å²) in [6, 6.07) is 10.9. The molecule has 1 aliphatic carbocycles. The molecular formula is C21H22N2O2. The molecule has 2 aromatic carbocycles. The minimum Gasteiger partial charge on any atom is -0.507 e. The molecule has 128 valence electrons. The highest BCUT2D eigenvalue weighted by Crippen LogP contribution is 2.27. The lowest BCUT2D eigenvalue weighted by Crippen LogP contribution is -2.23. The first-order chi connectivity index (χ1) is 12.0. The van der Waals surface area contributed by atoms with Crippen molar-refractivity contribution in [2.24, 2.45) is 11.0 Å². The number of hydrogen-bond donors (Lipinski definition) is 2. The van der Waals surface area contributed by atoms with Gasteiger partial charge in [-0.05, 0) is 61.1 Å². The molecule has 3 rings (SSSR count). The van der Waals surface area contributed by atoms with E-state index >= 15 is 0 Å². The molecule has 0 saturated carbocycles. The number of fused-ring (bicyclic) bond motifs is 1. The summed E-state index contributed by atoms with van der Waals surface area (Å²) in [7, 11) is 0. The van der Waals surface area contributed by atoms with Gasteiger partial charge in [0.2, 0.25) is 0 Å². The summed E-state index contributed by atoms with van der Waals surface area (Å²) in [6.07, 6.45) is 3.85. The molecule has 25 heavy (non-hydrogen) atoms. The molecule has 0 saturated heterocycles. The van der Waals surface area contributed by atoms with Crippen molar-refractivity contribution < 1.29 is 9.90 Å². The lowest BCUT2D eigenvalue weighted by molar-refractivity contribution is 0.0952. The Balaban J connectivity index is 1.82. The second kappa shape index (κ2) is 6.93. The molecule has 0 spiro atoms. The number of nitrogens with one attached hydrogen (secondary N) is 1. The molecular weight excluding hydrogens is 312 g/mol. The van der Waals surface area contributed by atoms with Gasteiger partial charge in [-0.25, -0.2) is 5.43 Å². The van der Waals surface area contributed by atoms with Gasteiger partial charge in [-0.1, -0.05) is 42.5 Å². The summed E-state index contributed by atoms with van der Waals surface area (Å²) in [6.45, 7) is 8.03. The number of allylic oxidation sites excluding steroid dienone is 3. The van der Waals surface area contributed by atoms with E-state index in [0.717, 1.165) is 40.5 Å². The van der Waals surface area contributed by atoms with Crippen molar-refractivity contribution in [2.45, 2.75) is 26.7 Å². The molecule has 0 fully saturated rings. The SMILES string of the molecule is C=C(C)[C@H]1CC=C(C)/C(=N\NC(=O)c2cc3ccccc3cc2O)C1. The average molecular weight is 334 g/mol. The third-order valence-corrected chi connectivity index (χ3v) is 4.70. The number of hydrazone groups is 1. The van der Waals surface area contributed by atoms with Crippen LogP contribution in [0.25, 0.3) is 10.8 Å². The molecule has 1 aliphatic rings. The normalized spacial score (nSPS) is 18.9. The van der Waals surface area contributed by atoms with Gasteiger partial charge < -0.3 is 5.11 Å². The van der Waals surface area contributed by atoms with Crippen LogP contribution in [-0.2, 0) is 0 Å². The fourth-order valence-electron chi connectivity index (χ4n) is 3.01. The Morgan fingerprint density at radius 1 is 1.28 bits per heavy atom. The molecule has 0 aliphatic heterocycles. The first-order valence-electron chi connectivity index (χ1n) is 8.37. The van der Waals surface area contributed by atoms with Crippen molar-refractivity contribution in [2.75, 3.05) is 0 Å². The Kier molecular flexibility index (Phi) is 4.70. The molecule has 0 aromatic heterocycles. The van der Waals surface area contributed by atoms with Crippen LogP contribution in [0, 0.1) is 5.92 Å². The standard InChI is InChI=1S/C21H22N2O2/c1-13(2)15-9-8-14(3)19(11-15)22-23-21(25)18-10-16-6-4-5-7-17(16)12-20(18)24/h4-8,10,12,15,24H,1,9,11H2,2-3H3,(H,23,25)/b22-19-/t15-/m0/s1. The van der Waals surface area contributed by atoms with Crippen LogP contribution in [0.4, 0.5) is 0 Å². The molecule has 0 radical (unpaired) electrons. The van der Waals surface area contributed by atoms with Gasteiger partial charge in [-0.15, -0.1) is 0 Å². The summed E-state index contributed by atoms with van der Waals surface area (Å²) in [5.41, 5.74) is 5.85. The molecule has 1 atom stereocenters. The number of carbonyl (C=O) groups excluding carboxylic acids is 1. The third-order valence-electron chi connectivity index (χ3n) is 4.70. The maximum Gasteiger partial charge on any atom is 0.275 e. The lowest BCUT2D eigenvalue weighted by Gasteiger charge is -2.22. The minimum absolute atomic E-state index is 0.0490. The fourth-order valence-corrected chi connectivity index (χ4v) is 3.01. The summed E-state index contributed by atoms with van der Waals surface area (Å²) in [5.74, 6) is -0.110. The van der Waals surface area contributed by atoms with Crippen molar-refractivity contribution in [3.63, 3.8) is 0 Å². The molecule has 4 heteroatoms. The zero-order valence-corrected chi connectivity index (χ0v) is 14.5. The van der Waals surface area contributed by atoms with E-state index in [1.54, 1.807) is 12.1 Å². The molecule has 2 aromatic rings. The second-order valence-corrected chi connectivity index (χ2v) is 6.59. The summed E-state index contributed by atoms with van der Waals surface area (Å²) < 4.78 is 0. The number of carbonyl (C=O) groups is 1. The zero-order valence-electron chi connectivity index (χ0n) is 14.5. The Labute approximate surface area is 147 Å². The van der Waals surface area contributed by atoms with Crippen molar-refractivity contribution in [3.8, 4) is 5.75 Å². The zero-order chi connectivity index (χ0) is 18.0. The van der Waals surface area contributed by atoms with Crippen LogP contribution >= 0.6 is 0 Å². The predicted molar refractivity (Wildman–Crippen MR) is 102 cm³/mol. The number of aromatic hydroxyl groups is 1. The summed E-state index contributed by atoms with van der Waals surface area (Å²) in [4.78, 5) is 12.5. The smallest absolute Gasteiger partial charge is 0.275 e. The van der Waals surface area contributed by atoms with Crippen LogP contribution in [-0.4, -0.2) is 16.7 Å². The third kappa shape index (κ3) is 3.63. The largest absolute Gasteiger partial charge is 0.507 e. The monoisotopic (exact) mass is 334 g/mol. The number of amides is 1. The van der Waals surface area contributed by atoms with Crippen LogP contribution in [0.2, 0.25) is 0 Å². The van der Waals surface area contributed by atoms with Gasteiger partial charge in [-0.2, -0.15) is 5.10 Å². The molecule has 4 nitrogen and oxygen atoms in total. The lowest BCUT2D eigenvalue weighted by atomic mass is 9.85. The molecule has 0 unspecified atom stereocenters. The van der Waals surface area contributed by atoms with Crippen LogP contribution in [0.1, 0.15) is 37.0 Å². The van der Waals surface area contributed by atoms with Gasteiger partial charge in [0.1, 0.15) is 5.75 Å². The van der Waals surface area contributed by atoms with Gasteiger partial charge in [0, 0.05) is 0 Å². The van der Waals surface area contributed by atoms with E-state index in [-0.39, 0.29) is 11.3 Å². The topological polar surface area (TPSA) is 61.7 Å². The first kappa shape index (κ1) is 17.0. The maximum atomic E-state index is 12.5. The van der Waals surface area contributed by atoms with Crippen molar-refractivity contribution in [1.82, 2.24) is 5.43 Å². The predicted octanol–water partition coefficient (Wildman–Crippen LogP) is 4.56. The highest BCUT2D eigenvalue weighted by molar-refractivity contribution is 6.04. The Morgan fingerprint density at radius 2 is 1.96 bits per heavy atom. The van der Waals surface area contributed by atoms with E-state index in [4.69, 9.17) is 0 Å². The van der Waals surface area contributed by atoms with Crippen LogP contribution in [0.5, 0.6) is 5.75 Å². The van der Waals surface area contributed by atoms with E-state index in [2.05, 4.69) is 23.2 Å². The fraction of sp³-hybridized carbons (Fsp3) is 0.238. The van der Waals surface area contributed by atoms with Crippen LogP contribution < -0.4 is 5.43 Å². The van der Waals surface area contributed by atoms with Crippen molar-refractivity contribution in [3.05, 3.63) is 65.8 Å². The quantitative estimate of drug-likeness (QED) is 0.638. The van der Waals surface area contributed by atoms with E-state index in [0.29, 0.717) is 5.92 Å². The Morgan fingerprint density at radius 3 is 2.64 bits per heavy atom. The van der Waals surface area contributed by atoms with Gasteiger partial charge in [0.05, 0.1) is 11.3 Å². The highest BCUT2D eigenvalue weighted by atomic mass is 16.3. The number of hydrogen-bond acceptors (Lipinski definition) is 3. The van der Waals surface area contributed by atoms with Crippen LogP contribution in [0.15, 0.2) is 65.3 Å². The van der Waals surface area contributed by atoms with Gasteiger partial charge >= 0.3 is 0 Å². The highest BCUT2D eigenvalue weighted by Gasteiger charge is 2.19. The number of benzene rings is 2. The maximum absolute atomic E-state index is 12.5. The Hall–Kier alpha value is -2.88. The van der Waals surface area contributed by atoms with Crippen LogP contribution in [0.3, 0.4) is 0 Å². The first-order valence-corrected chi connectivity index (χ1v) is 8.37. The number of rotatable bonds is 3. The van der Waals surface area contributed by atoms with Gasteiger partial charge in [0.25, 0.3) is 5.91 Å².